The standard InChI is InChI=1S/C5H8O5S.K/c1-4(2)5(6)10-3-11(7,8)9;/h1,3H2,2H3,(H,7,8,9);/q;+1/p-1. The summed E-state index contributed by atoms with van der Waals surface area (Å²) in [5.74, 6) is -2.02. The second-order valence-electron chi connectivity index (χ2n) is 1.89. The molecule has 0 saturated carbocycles. The van der Waals surface area contributed by atoms with Gasteiger partial charge in [-0.05, 0) is 6.92 Å². The van der Waals surface area contributed by atoms with Gasteiger partial charge in [-0.15, -0.1) is 0 Å². The summed E-state index contributed by atoms with van der Waals surface area (Å²) in [5, 5.41) is 0. The Morgan fingerprint density at radius 1 is 1.58 bits per heavy atom. The molecule has 0 heterocycles. The van der Waals surface area contributed by atoms with Crippen LogP contribution >= 0.6 is 0 Å². The molecule has 0 aromatic heterocycles. The zero-order valence-corrected chi connectivity index (χ0v) is 10.8. The number of hydrogen-bond acceptors (Lipinski definition) is 5. The summed E-state index contributed by atoms with van der Waals surface area (Å²) in [6.07, 6.45) is 0. The minimum atomic E-state index is -4.49. The minimum Gasteiger partial charge on any atom is -0.745 e. The van der Waals surface area contributed by atoms with Crippen LogP contribution in [0.15, 0.2) is 12.2 Å². The van der Waals surface area contributed by atoms with E-state index in [0.29, 0.717) is 0 Å². The Hall–Kier alpha value is 0.756. The molecule has 0 N–H and O–H groups in total. The molecule has 0 aromatic carbocycles. The van der Waals surface area contributed by atoms with Gasteiger partial charge in [-0.2, -0.15) is 0 Å². The zero-order valence-electron chi connectivity index (χ0n) is 6.86. The monoisotopic (exact) mass is 218 g/mol. The minimum absolute atomic E-state index is 0. The maximum atomic E-state index is 10.5. The van der Waals surface area contributed by atoms with E-state index in [4.69, 9.17) is 0 Å². The molecule has 0 aliphatic rings. The molecular weight excluding hydrogens is 211 g/mol. The molecule has 0 aromatic rings. The van der Waals surface area contributed by atoms with E-state index in [1.54, 1.807) is 0 Å². The maximum absolute atomic E-state index is 10.5. The van der Waals surface area contributed by atoms with Gasteiger partial charge in [0.15, 0.2) is 5.94 Å². The summed E-state index contributed by atoms with van der Waals surface area (Å²) < 4.78 is 33.7. The van der Waals surface area contributed by atoms with Crippen LogP contribution in [0.25, 0.3) is 0 Å². The molecule has 0 amide bonds. The Labute approximate surface area is 113 Å². The van der Waals surface area contributed by atoms with E-state index in [9.17, 15) is 17.8 Å². The number of rotatable bonds is 3. The van der Waals surface area contributed by atoms with Crippen LogP contribution in [0.3, 0.4) is 0 Å². The van der Waals surface area contributed by atoms with Crippen molar-refractivity contribution in [3.8, 4) is 0 Å². The predicted molar refractivity (Wildman–Crippen MR) is 35.5 cm³/mol. The second-order valence-corrected chi connectivity index (χ2v) is 3.24. The van der Waals surface area contributed by atoms with Crippen molar-refractivity contribution in [1.82, 2.24) is 0 Å². The Morgan fingerprint density at radius 3 is 2.25 bits per heavy atom. The SMILES string of the molecule is C=C(C)C(=O)OCS(=O)(=O)[O-].[K+]. The molecular formula is C5H7KO5S. The molecule has 7 heteroatoms. The Bertz CT molecular complexity index is 268. The fourth-order valence-electron chi connectivity index (χ4n) is 0.249. The number of carbonyl (C=O) groups is 1. The van der Waals surface area contributed by atoms with Crippen LogP contribution in [0.2, 0.25) is 0 Å². The quantitative estimate of drug-likeness (QED) is 0.213. The van der Waals surface area contributed by atoms with E-state index in [0.717, 1.165) is 0 Å². The fraction of sp³-hybridized carbons (Fsp3) is 0.400. The molecule has 0 fully saturated rings. The van der Waals surface area contributed by atoms with Gasteiger partial charge in [0.25, 0.3) is 0 Å². The van der Waals surface area contributed by atoms with Gasteiger partial charge >= 0.3 is 57.4 Å². The predicted octanol–water partition coefficient (Wildman–Crippen LogP) is -3.39. The molecule has 0 spiro atoms. The average Bonchev–Trinajstić information content (AvgIpc) is 1.80. The van der Waals surface area contributed by atoms with Gasteiger partial charge < -0.3 is 9.29 Å². The Kier molecular flexibility index (Phi) is 7.93. The van der Waals surface area contributed by atoms with Crippen LogP contribution in [0.5, 0.6) is 0 Å². The van der Waals surface area contributed by atoms with Crippen molar-refractivity contribution in [3.63, 3.8) is 0 Å². The van der Waals surface area contributed by atoms with Gasteiger partial charge in [-0.3, -0.25) is 0 Å². The van der Waals surface area contributed by atoms with Crippen molar-refractivity contribution in [3.05, 3.63) is 12.2 Å². The van der Waals surface area contributed by atoms with E-state index < -0.39 is 22.0 Å². The van der Waals surface area contributed by atoms with Crippen molar-refractivity contribution in [2.24, 2.45) is 0 Å². The van der Waals surface area contributed by atoms with E-state index in [1.807, 2.05) is 0 Å². The molecule has 64 valence electrons. The molecule has 0 aliphatic carbocycles. The summed E-state index contributed by atoms with van der Waals surface area (Å²) in [6.45, 7) is 4.53. The molecule has 0 bridgehead atoms. The molecule has 0 atom stereocenters. The van der Waals surface area contributed by atoms with E-state index in [-0.39, 0.29) is 57.0 Å². The molecule has 0 unspecified atom stereocenters. The van der Waals surface area contributed by atoms with Crippen molar-refractivity contribution < 1.29 is 73.9 Å². The fourth-order valence-corrected chi connectivity index (χ4v) is 0.500. The first-order valence-electron chi connectivity index (χ1n) is 2.59. The van der Waals surface area contributed by atoms with E-state index >= 15 is 0 Å². The summed E-state index contributed by atoms with van der Waals surface area (Å²) in [6, 6.07) is 0. The first kappa shape index (κ1) is 15.2. The molecule has 0 rings (SSSR count). The van der Waals surface area contributed by atoms with Crippen molar-refractivity contribution >= 4 is 16.1 Å². The van der Waals surface area contributed by atoms with Crippen LogP contribution in [0, 0.1) is 0 Å². The summed E-state index contributed by atoms with van der Waals surface area (Å²) >= 11 is 0. The normalized spacial score (nSPS) is 9.83. The van der Waals surface area contributed by atoms with Gasteiger partial charge in [0.1, 0.15) is 10.1 Å². The smallest absolute Gasteiger partial charge is 0.745 e. The topological polar surface area (TPSA) is 83.5 Å². The largest absolute Gasteiger partial charge is 1.00 e. The van der Waals surface area contributed by atoms with Gasteiger partial charge in [0.2, 0.25) is 0 Å². The van der Waals surface area contributed by atoms with Crippen LogP contribution in [-0.2, 0) is 19.6 Å². The van der Waals surface area contributed by atoms with Crippen LogP contribution in [0.4, 0.5) is 0 Å². The Balaban J connectivity index is 0. The van der Waals surface area contributed by atoms with Gasteiger partial charge in [-0.25, -0.2) is 13.2 Å². The molecule has 0 saturated heterocycles. The summed E-state index contributed by atoms with van der Waals surface area (Å²) in [4.78, 5) is 10.5. The molecule has 12 heavy (non-hydrogen) atoms. The van der Waals surface area contributed by atoms with E-state index in [2.05, 4.69) is 11.3 Å². The number of esters is 1. The van der Waals surface area contributed by atoms with Gasteiger partial charge in [0, 0.05) is 5.57 Å². The van der Waals surface area contributed by atoms with Crippen molar-refractivity contribution in [2.75, 3.05) is 5.94 Å². The maximum Gasteiger partial charge on any atom is 1.00 e. The van der Waals surface area contributed by atoms with Crippen molar-refractivity contribution in [1.29, 1.82) is 0 Å². The number of carbonyl (C=O) groups excluding carboxylic acids is 1. The number of hydrogen-bond donors (Lipinski definition) is 0. The summed E-state index contributed by atoms with van der Waals surface area (Å²) in [5.41, 5.74) is 0.0497. The average molecular weight is 218 g/mol. The first-order chi connectivity index (χ1) is 4.83. The number of ether oxygens (including phenoxy) is 1. The first-order valence-corrected chi connectivity index (χ1v) is 4.17. The van der Waals surface area contributed by atoms with Gasteiger partial charge in [0.05, 0.1) is 0 Å². The van der Waals surface area contributed by atoms with Crippen LogP contribution in [-0.4, -0.2) is 24.9 Å². The molecule has 0 radical (unpaired) electrons. The van der Waals surface area contributed by atoms with Crippen LogP contribution in [0.1, 0.15) is 6.92 Å². The van der Waals surface area contributed by atoms with Crippen LogP contribution < -0.4 is 51.4 Å². The van der Waals surface area contributed by atoms with Crippen molar-refractivity contribution in [2.45, 2.75) is 6.92 Å². The van der Waals surface area contributed by atoms with E-state index in [1.165, 1.54) is 6.92 Å². The molecule has 0 aliphatic heterocycles. The molecule has 5 nitrogen and oxygen atoms in total. The third kappa shape index (κ3) is 8.85. The third-order valence-corrected chi connectivity index (χ3v) is 1.09. The summed E-state index contributed by atoms with van der Waals surface area (Å²) in [7, 11) is -4.49. The third-order valence-electron chi connectivity index (χ3n) is 0.683. The zero-order chi connectivity index (χ0) is 9.07. The second kappa shape index (κ2) is 6.25. The Morgan fingerprint density at radius 2 is 2.00 bits per heavy atom. The van der Waals surface area contributed by atoms with Gasteiger partial charge in [-0.1, -0.05) is 6.58 Å².